The molecule has 2 amide bonds. The first-order valence-corrected chi connectivity index (χ1v) is 14.7. The maximum atomic E-state index is 15.9. The highest BCUT2D eigenvalue weighted by Crippen LogP contribution is 2.37. The standard InChI is InChI=1S/C33H32FN7O5/c1-45-23-10-8-21(27(17-23)46-2)18-37-31-29-26(12-14-36-31)41(22-6-5-15-40(19-22)33(43)44)39-30(29)24-11-9-20(16-25(24)34)32(42)38-28-7-3-4-13-35-28/h3-4,7-14,16-17,22H,5-6,15,18-19H2,1-2H3,(H,36,37)(H,43,44)(H,35,38,42)/t22-/m1/s1. The highest BCUT2D eigenvalue weighted by atomic mass is 19.1. The van der Waals surface area contributed by atoms with Gasteiger partial charge in [-0.15, -0.1) is 0 Å². The van der Waals surface area contributed by atoms with Crippen LogP contribution in [0.25, 0.3) is 22.2 Å². The number of pyridine rings is 2. The van der Waals surface area contributed by atoms with Gasteiger partial charge in [0.25, 0.3) is 5.91 Å². The maximum absolute atomic E-state index is 15.9. The number of hydrogen-bond acceptors (Lipinski definition) is 8. The smallest absolute Gasteiger partial charge is 0.407 e. The van der Waals surface area contributed by atoms with Crippen LogP contribution in [-0.4, -0.2) is 69.1 Å². The molecule has 12 nitrogen and oxygen atoms in total. The van der Waals surface area contributed by atoms with Gasteiger partial charge in [-0.2, -0.15) is 5.10 Å². The summed E-state index contributed by atoms with van der Waals surface area (Å²) in [6, 6.07) is 16.3. The van der Waals surface area contributed by atoms with Gasteiger partial charge in [-0.1, -0.05) is 6.07 Å². The number of carbonyl (C=O) groups is 2. The molecule has 5 aromatic rings. The Hall–Kier alpha value is -5.72. The van der Waals surface area contributed by atoms with Gasteiger partial charge < -0.3 is 30.1 Å². The van der Waals surface area contributed by atoms with E-state index in [4.69, 9.17) is 14.6 Å². The molecule has 0 spiro atoms. The molecule has 2 aromatic carbocycles. The zero-order chi connectivity index (χ0) is 32.2. The molecule has 0 unspecified atom stereocenters. The number of anilines is 2. The maximum Gasteiger partial charge on any atom is 0.407 e. The molecule has 0 aliphatic carbocycles. The lowest BCUT2D eigenvalue weighted by Gasteiger charge is -2.31. The molecule has 0 bridgehead atoms. The lowest BCUT2D eigenvalue weighted by molar-refractivity contribution is 0.102. The first-order valence-electron chi connectivity index (χ1n) is 14.7. The molecular weight excluding hydrogens is 593 g/mol. The summed E-state index contributed by atoms with van der Waals surface area (Å²) < 4.78 is 28.6. The summed E-state index contributed by atoms with van der Waals surface area (Å²) in [5, 5.41) is 21.1. The van der Waals surface area contributed by atoms with Gasteiger partial charge in [0.05, 0.1) is 31.2 Å². The highest BCUT2D eigenvalue weighted by molar-refractivity contribution is 6.05. The summed E-state index contributed by atoms with van der Waals surface area (Å²) in [6.07, 6.45) is 3.55. The second-order valence-electron chi connectivity index (χ2n) is 10.8. The van der Waals surface area contributed by atoms with Gasteiger partial charge in [0, 0.05) is 54.8 Å². The van der Waals surface area contributed by atoms with Gasteiger partial charge in [0.1, 0.15) is 34.6 Å². The van der Waals surface area contributed by atoms with E-state index >= 15 is 4.39 Å². The molecule has 3 N–H and O–H groups in total. The fourth-order valence-corrected chi connectivity index (χ4v) is 5.67. The van der Waals surface area contributed by atoms with Crippen LogP contribution in [0.4, 0.5) is 20.8 Å². The monoisotopic (exact) mass is 625 g/mol. The zero-order valence-electron chi connectivity index (χ0n) is 25.2. The average Bonchev–Trinajstić information content (AvgIpc) is 3.47. The molecule has 1 aliphatic rings. The van der Waals surface area contributed by atoms with Crippen molar-refractivity contribution in [2.45, 2.75) is 25.4 Å². The van der Waals surface area contributed by atoms with Crippen molar-refractivity contribution < 1.29 is 28.6 Å². The van der Waals surface area contributed by atoms with Crippen LogP contribution in [0.5, 0.6) is 11.5 Å². The van der Waals surface area contributed by atoms with Crippen molar-refractivity contribution in [1.82, 2.24) is 24.6 Å². The molecule has 6 rings (SSSR count). The van der Waals surface area contributed by atoms with E-state index in [1.54, 1.807) is 61.6 Å². The topological polar surface area (TPSA) is 144 Å². The molecule has 1 saturated heterocycles. The van der Waals surface area contributed by atoms with Crippen LogP contribution < -0.4 is 20.1 Å². The fraction of sp³-hybridized carbons (Fsp3) is 0.242. The third-order valence-corrected chi connectivity index (χ3v) is 7.97. The number of methoxy groups -OCH3 is 2. The van der Waals surface area contributed by atoms with E-state index < -0.39 is 17.8 Å². The summed E-state index contributed by atoms with van der Waals surface area (Å²) in [5.74, 6) is 0.922. The van der Waals surface area contributed by atoms with E-state index in [1.165, 1.54) is 17.0 Å². The molecule has 0 radical (unpaired) electrons. The number of amides is 2. The highest BCUT2D eigenvalue weighted by Gasteiger charge is 2.29. The summed E-state index contributed by atoms with van der Waals surface area (Å²) in [5.41, 5.74) is 2.11. The molecule has 1 aliphatic heterocycles. The van der Waals surface area contributed by atoms with Crippen molar-refractivity contribution in [1.29, 1.82) is 0 Å². The largest absolute Gasteiger partial charge is 0.497 e. The van der Waals surface area contributed by atoms with Crippen LogP contribution in [0.3, 0.4) is 0 Å². The number of nitrogens with zero attached hydrogens (tertiary/aromatic N) is 5. The number of rotatable bonds is 9. The Balaban J connectivity index is 1.40. The lowest BCUT2D eigenvalue weighted by atomic mass is 10.0. The van der Waals surface area contributed by atoms with Crippen LogP contribution in [0, 0.1) is 5.82 Å². The number of carbonyl (C=O) groups excluding carboxylic acids is 1. The normalized spacial score (nSPS) is 14.6. The predicted octanol–water partition coefficient (Wildman–Crippen LogP) is 5.83. The van der Waals surface area contributed by atoms with Crippen molar-refractivity contribution in [3.63, 3.8) is 0 Å². The molecule has 1 fully saturated rings. The second kappa shape index (κ2) is 13.1. The number of benzene rings is 2. The molecule has 3 aromatic heterocycles. The minimum absolute atomic E-state index is 0.114. The van der Waals surface area contributed by atoms with Gasteiger partial charge in [0.15, 0.2) is 0 Å². The molecule has 0 saturated carbocycles. The Morgan fingerprint density at radius 3 is 2.65 bits per heavy atom. The second-order valence-corrected chi connectivity index (χ2v) is 10.8. The molecule has 4 heterocycles. The molecule has 1 atom stereocenters. The predicted molar refractivity (Wildman–Crippen MR) is 170 cm³/mol. The lowest BCUT2D eigenvalue weighted by Crippen LogP contribution is -2.40. The number of carboxylic acid groups (broad SMARTS) is 1. The fourth-order valence-electron chi connectivity index (χ4n) is 5.67. The third kappa shape index (κ3) is 6.11. The van der Waals surface area contributed by atoms with Crippen molar-refractivity contribution in [3.8, 4) is 22.8 Å². The van der Waals surface area contributed by atoms with Crippen LogP contribution in [-0.2, 0) is 6.54 Å². The van der Waals surface area contributed by atoms with Gasteiger partial charge in [-0.3, -0.25) is 9.48 Å². The van der Waals surface area contributed by atoms with E-state index in [2.05, 4.69) is 20.6 Å². The summed E-state index contributed by atoms with van der Waals surface area (Å²) in [7, 11) is 3.16. The van der Waals surface area contributed by atoms with Crippen molar-refractivity contribution in [2.75, 3.05) is 37.9 Å². The minimum Gasteiger partial charge on any atom is -0.497 e. The number of likely N-dealkylation sites (tertiary alicyclic amines) is 1. The van der Waals surface area contributed by atoms with Crippen molar-refractivity contribution >= 4 is 34.5 Å². The van der Waals surface area contributed by atoms with Gasteiger partial charge in [-0.05, 0) is 61.4 Å². The average molecular weight is 626 g/mol. The first kappa shape index (κ1) is 30.3. The van der Waals surface area contributed by atoms with E-state index in [0.717, 1.165) is 11.6 Å². The number of piperidine rings is 1. The van der Waals surface area contributed by atoms with Crippen LogP contribution >= 0.6 is 0 Å². The summed E-state index contributed by atoms with van der Waals surface area (Å²) >= 11 is 0. The van der Waals surface area contributed by atoms with Crippen LogP contribution in [0.15, 0.2) is 73.1 Å². The Morgan fingerprint density at radius 1 is 1.04 bits per heavy atom. The van der Waals surface area contributed by atoms with Gasteiger partial charge in [0.2, 0.25) is 0 Å². The number of fused-ring (bicyclic) bond motifs is 1. The van der Waals surface area contributed by atoms with Crippen LogP contribution in [0.1, 0.15) is 34.8 Å². The summed E-state index contributed by atoms with van der Waals surface area (Å²) in [4.78, 5) is 34.7. The Morgan fingerprint density at radius 2 is 1.91 bits per heavy atom. The third-order valence-electron chi connectivity index (χ3n) is 7.97. The van der Waals surface area contributed by atoms with Crippen molar-refractivity contribution in [2.24, 2.45) is 0 Å². The molecule has 236 valence electrons. The Labute approximate surface area is 263 Å². The van der Waals surface area contributed by atoms with E-state index in [9.17, 15) is 14.7 Å². The number of nitrogens with one attached hydrogen (secondary N) is 2. The quantitative estimate of drug-likeness (QED) is 0.184. The SMILES string of the molecule is COc1ccc(CNc2nccc3c2c(-c2ccc(C(=O)Nc4ccccn4)cc2F)nn3[C@@H]2CCCN(C(=O)O)C2)c(OC)c1. The number of aromatic nitrogens is 4. The van der Waals surface area contributed by atoms with E-state index in [-0.39, 0.29) is 23.7 Å². The summed E-state index contributed by atoms with van der Waals surface area (Å²) in [6.45, 7) is 1.01. The van der Waals surface area contributed by atoms with Crippen molar-refractivity contribution in [3.05, 3.63) is 90.0 Å². The minimum atomic E-state index is -0.996. The molecular formula is C33H32FN7O5. The number of ether oxygens (including phenoxy) is 2. The molecule has 46 heavy (non-hydrogen) atoms. The zero-order valence-corrected chi connectivity index (χ0v) is 25.2. The molecule has 13 heteroatoms. The first-order chi connectivity index (χ1) is 22.4. The Bertz CT molecular complexity index is 1900. The number of hydrogen-bond donors (Lipinski definition) is 3. The Kier molecular flexibility index (Phi) is 8.63. The van der Waals surface area contributed by atoms with Crippen LogP contribution in [0.2, 0.25) is 0 Å². The van der Waals surface area contributed by atoms with E-state index in [0.29, 0.717) is 65.7 Å². The van der Waals surface area contributed by atoms with Gasteiger partial charge >= 0.3 is 6.09 Å². The van der Waals surface area contributed by atoms with E-state index in [1.807, 2.05) is 12.1 Å². The number of halogens is 1. The van der Waals surface area contributed by atoms with Gasteiger partial charge in [-0.25, -0.2) is 19.2 Å².